The number of nitrogens with one attached hydrogen (secondary N) is 2. The van der Waals surface area contributed by atoms with Gasteiger partial charge in [-0.3, -0.25) is 9.59 Å². The van der Waals surface area contributed by atoms with E-state index in [1.165, 1.54) is 35.8 Å². The number of nitrogens with zero attached hydrogens (tertiary/aromatic N) is 1. The van der Waals surface area contributed by atoms with Crippen molar-refractivity contribution in [3.8, 4) is 10.6 Å². The van der Waals surface area contributed by atoms with E-state index < -0.39 is 24.5 Å². The molecule has 7 nitrogen and oxygen atoms in total. The first-order valence-electron chi connectivity index (χ1n) is 7.86. The Labute approximate surface area is 153 Å². The van der Waals surface area contributed by atoms with Crippen LogP contribution in [0, 0.1) is 5.82 Å². The summed E-state index contributed by atoms with van der Waals surface area (Å²) in [6.07, 6.45) is 0. The Morgan fingerprint density at radius 3 is 2.62 bits per heavy atom. The number of amides is 2. The van der Waals surface area contributed by atoms with Crippen LogP contribution in [-0.4, -0.2) is 42.0 Å². The van der Waals surface area contributed by atoms with E-state index in [2.05, 4.69) is 15.6 Å². The smallest absolute Gasteiger partial charge is 0.358 e. The van der Waals surface area contributed by atoms with Crippen molar-refractivity contribution in [2.45, 2.75) is 19.9 Å². The van der Waals surface area contributed by atoms with Gasteiger partial charge in [-0.15, -0.1) is 11.3 Å². The number of esters is 1. The average molecular weight is 379 g/mol. The number of halogens is 1. The number of aromatic nitrogens is 1. The Balaban J connectivity index is 1.87. The van der Waals surface area contributed by atoms with Gasteiger partial charge in [0.05, 0.1) is 0 Å². The Morgan fingerprint density at radius 1 is 1.27 bits per heavy atom. The normalized spacial score (nSPS) is 11.5. The monoisotopic (exact) mass is 379 g/mol. The number of benzene rings is 1. The molecule has 0 aliphatic carbocycles. The first-order chi connectivity index (χ1) is 12.4. The third-order valence-corrected chi connectivity index (χ3v) is 4.15. The van der Waals surface area contributed by atoms with Gasteiger partial charge in [-0.25, -0.2) is 14.2 Å². The molecule has 0 bridgehead atoms. The Bertz CT molecular complexity index is 792. The van der Waals surface area contributed by atoms with Crippen LogP contribution in [0.25, 0.3) is 10.6 Å². The van der Waals surface area contributed by atoms with Gasteiger partial charge in [-0.05, 0) is 38.1 Å². The maximum Gasteiger partial charge on any atom is 0.358 e. The fourth-order valence-electron chi connectivity index (χ4n) is 1.97. The second-order valence-corrected chi connectivity index (χ2v) is 6.16. The molecule has 0 aliphatic heterocycles. The standard InChI is InChI=1S/C17H18FN3O4S/c1-3-19-15(23)10(2)20-14(22)8-25-17(24)13-9-26-16(21-13)11-4-6-12(18)7-5-11/h4-7,9-10H,3,8H2,1-2H3,(H,19,23)(H,20,22)/t10-/m0/s1. The summed E-state index contributed by atoms with van der Waals surface area (Å²) >= 11 is 1.20. The molecule has 2 aromatic rings. The van der Waals surface area contributed by atoms with Gasteiger partial charge in [-0.2, -0.15) is 0 Å². The van der Waals surface area contributed by atoms with Crippen LogP contribution in [0.5, 0.6) is 0 Å². The van der Waals surface area contributed by atoms with Crippen molar-refractivity contribution < 1.29 is 23.5 Å². The third-order valence-electron chi connectivity index (χ3n) is 3.26. The van der Waals surface area contributed by atoms with Gasteiger partial charge in [0.25, 0.3) is 5.91 Å². The van der Waals surface area contributed by atoms with E-state index in [0.29, 0.717) is 17.1 Å². The van der Waals surface area contributed by atoms with Crippen LogP contribution in [0.2, 0.25) is 0 Å². The molecule has 0 radical (unpaired) electrons. The lowest BCUT2D eigenvalue weighted by Gasteiger charge is -2.13. The van der Waals surface area contributed by atoms with Gasteiger partial charge in [0.15, 0.2) is 12.3 Å². The summed E-state index contributed by atoms with van der Waals surface area (Å²) in [6.45, 7) is 3.22. The van der Waals surface area contributed by atoms with Gasteiger partial charge in [0.1, 0.15) is 16.9 Å². The predicted molar refractivity (Wildman–Crippen MR) is 94.1 cm³/mol. The minimum absolute atomic E-state index is 0.0545. The van der Waals surface area contributed by atoms with Crippen LogP contribution in [0.1, 0.15) is 24.3 Å². The molecule has 0 spiro atoms. The van der Waals surface area contributed by atoms with E-state index in [9.17, 15) is 18.8 Å². The number of thiazole rings is 1. The summed E-state index contributed by atoms with van der Waals surface area (Å²) in [5.41, 5.74) is 0.725. The highest BCUT2D eigenvalue weighted by atomic mass is 32.1. The summed E-state index contributed by atoms with van der Waals surface area (Å²) in [5, 5.41) is 7.03. The molecule has 2 N–H and O–H groups in total. The zero-order valence-corrected chi connectivity index (χ0v) is 15.1. The van der Waals surface area contributed by atoms with Crippen molar-refractivity contribution in [1.29, 1.82) is 0 Å². The van der Waals surface area contributed by atoms with Gasteiger partial charge >= 0.3 is 5.97 Å². The minimum Gasteiger partial charge on any atom is -0.451 e. The largest absolute Gasteiger partial charge is 0.451 e. The third kappa shape index (κ3) is 5.35. The van der Waals surface area contributed by atoms with Crippen molar-refractivity contribution in [1.82, 2.24) is 15.6 Å². The summed E-state index contributed by atoms with van der Waals surface area (Å²) in [6, 6.07) is 4.98. The summed E-state index contributed by atoms with van der Waals surface area (Å²) < 4.78 is 17.8. The van der Waals surface area contributed by atoms with Crippen LogP contribution in [0.4, 0.5) is 4.39 Å². The summed E-state index contributed by atoms with van der Waals surface area (Å²) in [7, 11) is 0. The molecule has 138 valence electrons. The number of carbonyl (C=O) groups is 3. The van der Waals surface area contributed by atoms with E-state index in [4.69, 9.17) is 4.74 Å². The Hall–Kier alpha value is -2.81. The van der Waals surface area contributed by atoms with Gasteiger partial charge in [0.2, 0.25) is 5.91 Å². The first kappa shape index (κ1) is 19.5. The van der Waals surface area contributed by atoms with E-state index >= 15 is 0 Å². The average Bonchev–Trinajstić information content (AvgIpc) is 3.10. The van der Waals surface area contributed by atoms with Crippen molar-refractivity contribution in [3.63, 3.8) is 0 Å². The van der Waals surface area contributed by atoms with Crippen molar-refractivity contribution in [2.75, 3.05) is 13.2 Å². The fourth-order valence-corrected chi connectivity index (χ4v) is 2.77. The second kappa shape index (κ2) is 9.04. The van der Waals surface area contributed by atoms with Gasteiger partial charge in [-0.1, -0.05) is 0 Å². The molecule has 0 aliphatic rings. The Morgan fingerprint density at radius 2 is 1.96 bits per heavy atom. The highest BCUT2D eigenvalue weighted by Gasteiger charge is 2.18. The topological polar surface area (TPSA) is 97.4 Å². The molecule has 26 heavy (non-hydrogen) atoms. The molecule has 1 atom stereocenters. The molecule has 0 saturated carbocycles. The van der Waals surface area contributed by atoms with Crippen LogP contribution in [0.15, 0.2) is 29.6 Å². The fraction of sp³-hybridized carbons (Fsp3) is 0.294. The highest BCUT2D eigenvalue weighted by molar-refractivity contribution is 7.13. The van der Waals surface area contributed by atoms with E-state index in [1.807, 2.05) is 0 Å². The zero-order valence-electron chi connectivity index (χ0n) is 14.2. The van der Waals surface area contributed by atoms with Crippen molar-refractivity contribution >= 4 is 29.1 Å². The molecule has 1 heterocycles. The molecule has 0 saturated heterocycles. The number of hydrogen-bond acceptors (Lipinski definition) is 6. The zero-order chi connectivity index (χ0) is 19.1. The number of carbonyl (C=O) groups excluding carboxylic acids is 3. The molecule has 1 aromatic heterocycles. The molecule has 2 rings (SSSR count). The van der Waals surface area contributed by atoms with E-state index in [-0.39, 0.29) is 17.4 Å². The first-order valence-corrected chi connectivity index (χ1v) is 8.74. The summed E-state index contributed by atoms with van der Waals surface area (Å²) in [4.78, 5) is 39.4. The quantitative estimate of drug-likeness (QED) is 0.715. The minimum atomic E-state index is -0.754. The maximum absolute atomic E-state index is 12.9. The summed E-state index contributed by atoms with van der Waals surface area (Å²) in [5.74, 6) is -2.03. The van der Waals surface area contributed by atoms with Crippen LogP contribution < -0.4 is 10.6 Å². The molecule has 9 heteroatoms. The molecule has 1 aromatic carbocycles. The van der Waals surface area contributed by atoms with Crippen molar-refractivity contribution in [3.05, 3.63) is 41.2 Å². The van der Waals surface area contributed by atoms with E-state index in [1.54, 1.807) is 19.1 Å². The lowest BCUT2D eigenvalue weighted by Crippen LogP contribution is -2.46. The molecular weight excluding hydrogens is 361 g/mol. The van der Waals surface area contributed by atoms with Gasteiger partial charge < -0.3 is 15.4 Å². The number of ether oxygens (including phenoxy) is 1. The predicted octanol–water partition coefficient (Wildman–Crippen LogP) is 1.75. The number of rotatable bonds is 7. The second-order valence-electron chi connectivity index (χ2n) is 5.30. The molecule has 0 unspecified atom stereocenters. The highest BCUT2D eigenvalue weighted by Crippen LogP contribution is 2.24. The molecule has 0 fully saturated rings. The van der Waals surface area contributed by atoms with Gasteiger partial charge in [0, 0.05) is 17.5 Å². The van der Waals surface area contributed by atoms with Crippen LogP contribution in [-0.2, 0) is 14.3 Å². The number of likely N-dealkylation sites (N-methyl/N-ethyl adjacent to an activating group) is 1. The SMILES string of the molecule is CCNC(=O)[C@H](C)NC(=O)COC(=O)c1csc(-c2ccc(F)cc2)n1. The van der Waals surface area contributed by atoms with E-state index in [0.717, 1.165) is 0 Å². The number of hydrogen-bond donors (Lipinski definition) is 2. The van der Waals surface area contributed by atoms with Crippen LogP contribution in [0.3, 0.4) is 0 Å². The Kier molecular flexibility index (Phi) is 6.79. The molecule has 2 amide bonds. The lowest BCUT2D eigenvalue weighted by atomic mass is 10.2. The van der Waals surface area contributed by atoms with Crippen LogP contribution >= 0.6 is 11.3 Å². The lowest BCUT2D eigenvalue weighted by molar-refractivity contribution is -0.130. The molecular formula is C17H18FN3O4S. The maximum atomic E-state index is 12.9. The van der Waals surface area contributed by atoms with Crippen molar-refractivity contribution in [2.24, 2.45) is 0 Å².